The van der Waals surface area contributed by atoms with Crippen molar-refractivity contribution >= 4 is 61.5 Å². The molecule has 0 unspecified atom stereocenters. The van der Waals surface area contributed by atoms with E-state index in [-0.39, 0.29) is 5.75 Å². The molecular formula is C21H14BrIN2O2. The van der Waals surface area contributed by atoms with Gasteiger partial charge in [0.25, 0.3) is 0 Å². The van der Waals surface area contributed by atoms with Crippen LogP contribution in [-0.2, 0) is 0 Å². The number of aliphatic imine (C=N–C) groups is 1. The third kappa shape index (κ3) is 3.91. The zero-order chi connectivity index (χ0) is 19.0. The van der Waals surface area contributed by atoms with Crippen LogP contribution < -0.4 is 0 Å². The monoisotopic (exact) mass is 532 g/mol. The van der Waals surface area contributed by atoms with Gasteiger partial charge in [0.05, 0.1) is 9.26 Å². The van der Waals surface area contributed by atoms with E-state index in [9.17, 15) is 5.11 Å². The molecule has 0 aliphatic heterocycles. The van der Waals surface area contributed by atoms with Crippen LogP contribution >= 0.6 is 38.5 Å². The molecule has 0 spiro atoms. The summed E-state index contributed by atoms with van der Waals surface area (Å²) in [6.07, 6.45) is 1.64. The maximum absolute atomic E-state index is 10.2. The Morgan fingerprint density at radius 1 is 1.11 bits per heavy atom. The van der Waals surface area contributed by atoms with Crippen LogP contribution in [0, 0.1) is 10.5 Å². The predicted octanol–water partition coefficient (Wildman–Crippen LogP) is 6.63. The standard InChI is InChI=1S/C21H14BrIN2O2/c1-12-2-4-13(5-3-12)21-25-18-10-16(6-7-19(18)27-21)24-11-14-8-15(22)9-17(23)20(14)26/h2-11,26H,1H3. The van der Waals surface area contributed by atoms with E-state index in [2.05, 4.69) is 48.5 Å². The number of phenolic OH excluding ortho intramolecular Hbond substituents is 1. The maximum Gasteiger partial charge on any atom is 0.227 e. The lowest BCUT2D eigenvalue weighted by atomic mass is 10.1. The summed E-state index contributed by atoms with van der Waals surface area (Å²) in [5, 5.41) is 10.2. The van der Waals surface area contributed by atoms with E-state index in [0.29, 0.717) is 17.0 Å². The first-order chi connectivity index (χ1) is 13.0. The first-order valence-corrected chi connectivity index (χ1v) is 10.1. The number of rotatable bonds is 3. The van der Waals surface area contributed by atoms with Crippen molar-refractivity contribution in [3.63, 3.8) is 0 Å². The molecule has 0 aliphatic rings. The number of oxazole rings is 1. The summed E-state index contributed by atoms with van der Waals surface area (Å²) in [6, 6.07) is 17.3. The zero-order valence-electron chi connectivity index (χ0n) is 14.3. The Balaban J connectivity index is 1.67. The highest BCUT2D eigenvalue weighted by Gasteiger charge is 2.09. The third-order valence-corrected chi connectivity index (χ3v) is 5.36. The van der Waals surface area contributed by atoms with Crippen molar-refractivity contribution in [1.82, 2.24) is 4.98 Å². The van der Waals surface area contributed by atoms with Gasteiger partial charge in [0, 0.05) is 21.8 Å². The minimum absolute atomic E-state index is 0.215. The number of aromatic hydroxyl groups is 1. The number of halogens is 2. The molecular weight excluding hydrogens is 519 g/mol. The van der Waals surface area contributed by atoms with Gasteiger partial charge in [0.1, 0.15) is 11.3 Å². The fraction of sp³-hybridized carbons (Fsp3) is 0.0476. The van der Waals surface area contributed by atoms with E-state index >= 15 is 0 Å². The van der Waals surface area contributed by atoms with Crippen molar-refractivity contribution in [2.24, 2.45) is 4.99 Å². The first kappa shape index (κ1) is 18.2. The fourth-order valence-corrected chi connectivity index (χ4v) is 4.19. The first-order valence-electron chi connectivity index (χ1n) is 8.19. The van der Waals surface area contributed by atoms with Crippen LogP contribution in [0.3, 0.4) is 0 Å². The van der Waals surface area contributed by atoms with Crippen LogP contribution in [0.4, 0.5) is 5.69 Å². The van der Waals surface area contributed by atoms with E-state index in [1.165, 1.54) is 5.56 Å². The molecule has 4 nitrogen and oxygen atoms in total. The van der Waals surface area contributed by atoms with Gasteiger partial charge in [-0.05, 0) is 72.0 Å². The quantitative estimate of drug-likeness (QED) is 0.238. The molecule has 0 atom stereocenters. The van der Waals surface area contributed by atoms with E-state index in [1.807, 2.05) is 61.5 Å². The summed E-state index contributed by atoms with van der Waals surface area (Å²) in [5.74, 6) is 0.803. The lowest BCUT2D eigenvalue weighted by Crippen LogP contribution is -1.86. The number of hydrogen-bond donors (Lipinski definition) is 1. The van der Waals surface area contributed by atoms with Gasteiger partial charge in [-0.3, -0.25) is 4.99 Å². The van der Waals surface area contributed by atoms with Crippen molar-refractivity contribution in [3.8, 4) is 17.2 Å². The van der Waals surface area contributed by atoms with E-state index in [4.69, 9.17) is 4.42 Å². The number of phenols is 1. The second-order valence-electron chi connectivity index (χ2n) is 6.12. The van der Waals surface area contributed by atoms with Crippen molar-refractivity contribution in [2.75, 3.05) is 0 Å². The number of hydrogen-bond acceptors (Lipinski definition) is 4. The normalized spacial score (nSPS) is 11.5. The second kappa shape index (κ2) is 7.44. The summed E-state index contributed by atoms with van der Waals surface area (Å²) in [7, 11) is 0. The van der Waals surface area contributed by atoms with Gasteiger partial charge in [-0.1, -0.05) is 33.6 Å². The van der Waals surface area contributed by atoms with Gasteiger partial charge in [-0.15, -0.1) is 0 Å². The Hall–Kier alpha value is -2.19. The van der Waals surface area contributed by atoms with Crippen molar-refractivity contribution in [2.45, 2.75) is 6.92 Å². The van der Waals surface area contributed by atoms with Crippen LogP contribution in [0.5, 0.6) is 5.75 Å². The molecule has 0 amide bonds. The summed E-state index contributed by atoms with van der Waals surface area (Å²) >= 11 is 5.52. The number of aryl methyl sites for hydroxylation is 1. The Labute approximate surface area is 178 Å². The molecule has 0 radical (unpaired) electrons. The molecule has 0 saturated heterocycles. The van der Waals surface area contributed by atoms with Gasteiger partial charge in [-0.2, -0.15) is 0 Å². The van der Waals surface area contributed by atoms with Crippen LogP contribution in [0.25, 0.3) is 22.6 Å². The fourth-order valence-electron chi connectivity index (χ4n) is 2.64. The molecule has 4 rings (SSSR count). The molecule has 1 aromatic heterocycles. The minimum Gasteiger partial charge on any atom is -0.506 e. The Morgan fingerprint density at radius 2 is 1.89 bits per heavy atom. The zero-order valence-corrected chi connectivity index (χ0v) is 18.0. The second-order valence-corrected chi connectivity index (χ2v) is 8.20. The average molecular weight is 533 g/mol. The topological polar surface area (TPSA) is 58.6 Å². The molecule has 0 fully saturated rings. The lowest BCUT2D eigenvalue weighted by Gasteiger charge is -2.02. The number of benzene rings is 3. The SMILES string of the molecule is Cc1ccc(-c2nc3cc(N=Cc4cc(Br)cc(I)c4O)ccc3o2)cc1. The van der Waals surface area contributed by atoms with Crippen molar-refractivity contribution < 1.29 is 9.52 Å². The average Bonchev–Trinajstić information content (AvgIpc) is 3.07. The van der Waals surface area contributed by atoms with E-state index in [0.717, 1.165) is 24.8 Å². The Bertz CT molecular complexity index is 1170. The molecule has 1 N–H and O–H groups in total. The van der Waals surface area contributed by atoms with Gasteiger partial charge in [0.2, 0.25) is 5.89 Å². The third-order valence-electron chi connectivity index (χ3n) is 4.08. The molecule has 1 heterocycles. The smallest absolute Gasteiger partial charge is 0.227 e. The van der Waals surface area contributed by atoms with E-state index in [1.54, 1.807) is 6.21 Å². The van der Waals surface area contributed by atoms with Crippen molar-refractivity contribution in [3.05, 3.63) is 73.8 Å². The molecule has 4 aromatic rings. The number of nitrogens with zero attached hydrogens (tertiary/aromatic N) is 2. The highest BCUT2D eigenvalue weighted by Crippen LogP contribution is 2.29. The summed E-state index contributed by atoms with van der Waals surface area (Å²) in [4.78, 5) is 9.05. The van der Waals surface area contributed by atoms with Gasteiger partial charge in [0.15, 0.2) is 5.58 Å². The van der Waals surface area contributed by atoms with Crippen LogP contribution in [0.15, 0.2) is 68.5 Å². The van der Waals surface area contributed by atoms with Gasteiger partial charge < -0.3 is 9.52 Å². The van der Waals surface area contributed by atoms with Gasteiger partial charge >= 0.3 is 0 Å². The minimum atomic E-state index is 0.215. The molecule has 134 valence electrons. The van der Waals surface area contributed by atoms with Gasteiger partial charge in [-0.25, -0.2) is 4.98 Å². The molecule has 0 bridgehead atoms. The summed E-state index contributed by atoms with van der Waals surface area (Å²) in [6.45, 7) is 2.05. The molecule has 27 heavy (non-hydrogen) atoms. The predicted molar refractivity (Wildman–Crippen MR) is 120 cm³/mol. The Morgan fingerprint density at radius 3 is 2.67 bits per heavy atom. The summed E-state index contributed by atoms with van der Waals surface area (Å²) < 4.78 is 7.50. The van der Waals surface area contributed by atoms with Crippen LogP contribution in [-0.4, -0.2) is 16.3 Å². The maximum atomic E-state index is 10.2. The summed E-state index contributed by atoms with van der Waals surface area (Å²) in [5.41, 5.74) is 4.97. The highest BCUT2D eigenvalue weighted by atomic mass is 127. The Kier molecular flexibility index (Phi) is 5.01. The molecule has 6 heteroatoms. The van der Waals surface area contributed by atoms with Crippen LogP contribution in [0.2, 0.25) is 0 Å². The highest BCUT2D eigenvalue weighted by molar-refractivity contribution is 14.1. The molecule has 0 aliphatic carbocycles. The molecule has 3 aromatic carbocycles. The molecule has 0 saturated carbocycles. The number of aromatic nitrogens is 1. The number of fused-ring (bicyclic) bond motifs is 1. The lowest BCUT2D eigenvalue weighted by molar-refractivity contribution is 0.470. The largest absolute Gasteiger partial charge is 0.506 e. The van der Waals surface area contributed by atoms with Crippen molar-refractivity contribution in [1.29, 1.82) is 0 Å². The van der Waals surface area contributed by atoms with Crippen LogP contribution in [0.1, 0.15) is 11.1 Å². The van der Waals surface area contributed by atoms with E-state index < -0.39 is 0 Å².